The number of hydrogen-bond acceptors (Lipinski definition) is 7. The molecule has 1 atom stereocenters. The van der Waals surface area contributed by atoms with Crippen molar-refractivity contribution in [2.24, 2.45) is 4.99 Å². The highest BCUT2D eigenvalue weighted by molar-refractivity contribution is 7.07. The lowest BCUT2D eigenvalue weighted by Gasteiger charge is -2.24. The number of nitrogens with zero attached hydrogens (tertiary/aromatic N) is 3. The normalized spacial score (nSPS) is 16.0. The number of benzene rings is 1. The van der Waals surface area contributed by atoms with Crippen molar-refractivity contribution in [1.82, 2.24) is 9.55 Å². The molecule has 0 unspecified atom stereocenters. The van der Waals surface area contributed by atoms with E-state index in [0.717, 1.165) is 11.1 Å². The fourth-order valence-electron chi connectivity index (χ4n) is 3.50. The van der Waals surface area contributed by atoms with E-state index in [1.165, 1.54) is 11.3 Å². The molecular formula is C23H21N3O4S. The van der Waals surface area contributed by atoms with Crippen molar-refractivity contribution in [2.45, 2.75) is 19.9 Å². The molecule has 2 aromatic heterocycles. The van der Waals surface area contributed by atoms with Crippen LogP contribution in [0.25, 0.3) is 6.08 Å². The Morgan fingerprint density at radius 2 is 1.90 bits per heavy atom. The van der Waals surface area contributed by atoms with Crippen LogP contribution < -0.4 is 19.6 Å². The average Bonchev–Trinajstić information content (AvgIpc) is 3.08. The Morgan fingerprint density at radius 1 is 1.19 bits per heavy atom. The quantitative estimate of drug-likeness (QED) is 0.574. The van der Waals surface area contributed by atoms with Gasteiger partial charge in [0.2, 0.25) is 0 Å². The molecule has 3 aromatic rings. The first kappa shape index (κ1) is 20.7. The lowest BCUT2D eigenvalue weighted by Crippen LogP contribution is -2.39. The third kappa shape index (κ3) is 3.94. The molecule has 1 aliphatic heterocycles. The topological polar surface area (TPSA) is 82.8 Å². The summed E-state index contributed by atoms with van der Waals surface area (Å²) in [7, 11) is 1.59. The van der Waals surface area contributed by atoms with Crippen molar-refractivity contribution in [3.05, 3.63) is 90.9 Å². The van der Waals surface area contributed by atoms with Gasteiger partial charge >= 0.3 is 5.97 Å². The SMILES string of the molecule is CCOC(=O)C1=C(C)N=c2s/c(=C\c3ccncc3)c(=O)n2[C@@H]1c1ccc(OC)cc1. The van der Waals surface area contributed by atoms with Crippen LogP contribution in [0.3, 0.4) is 0 Å². The smallest absolute Gasteiger partial charge is 0.338 e. The van der Waals surface area contributed by atoms with Gasteiger partial charge in [-0.15, -0.1) is 0 Å². The molecule has 0 bridgehead atoms. The number of methoxy groups -OCH3 is 1. The largest absolute Gasteiger partial charge is 0.497 e. The number of aromatic nitrogens is 2. The predicted molar refractivity (Wildman–Crippen MR) is 118 cm³/mol. The summed E-state index contributed by atoms with van der Waals surface area (Å²) in [4.78, 5) is 35.4. The molecule has 31 heavy (non-hydrogen) atoms. The van der Waals surface area contributed by atoms with Crippen molar-refractivity contribution >= 4 is 23.4 Å². The minimum atomic E-state index is -0.638. The van der Waals surface area contributed by atoms with Crippen LogP contribution in [0.2, 0.25) is 0 Å². The van der Waals surface area contributed by atoms with E-state index in [1.807, 2.05) is 24.3 Å². The van der Waals surface area contributed by atoms with E-state index in [1.54, 1.807) is 56.1 Å². The molecule has 0 spiro atoms. The molecule has 4 rings (SSSR count). The standard InChI is InChI=1S/C23H21N3O4S/c1-4-30-22(28)19-14(2)25-23-26(20(19)16-5-7-17(29-3)8-6-16)21(27)18(31-23)13-15-9-11-24-12-10-15/h5-13,20H,4H2,1-3H3/b18-13-/t20-/m1/s1. The molecule has 0 amide bonds. The summed E-state index contributed by atoms with van der Waals surface area (Å²) < 4.78 is 12.7. The van der Waals surface area contributed by atoms with Crippen molar-refractivity contribution in [2.75, 3.05) is 13.7 Å². The molecule has 0 fully saturated rings. The van der Waals surface area contributed by atoms with Gasteiger partial charge in [-0.25, -0.2) is 9.79 Å². The number of esters is 1. The minimum Gasteiger partial charge on any atom is -0.497 e. The van der Waals surface area contributed by atoms with E-state index in [4.69, 9.17) is 9.47 Å². The van der Waals surface area contributed by atoms with Crippen LogP contribution in [0.4, 0.5) is 0 Å². The van der Waals surface area contributed by atoms with Crippen LogP contribution in [0.5, 0.6) is 5.75 Å². The molecule has 0 saturated heterocycles. The van der Waals surface area contributed by atoms with Gasteiger partial charge in [-0.3, -0.25) is 14.3 Å². The first-order valence-corrected chi connectivity index (χ1v) is 10.6. The zero-order chi connectivity index (χ0) is 22.0. The maximum atomic E-state index is 13.4. The van der Waals surface area contributed by atoms with E-state index in [-0.39, 0.29) is 12.2 Å². The first-order chi connectivity index (χ1) is 15.0. The second-order valence-electron chi connectivity index (χ2n) is 6.86. The molecular weight excluding hydrogens is 414 g/mol. The van der Waals surface area contributed by atoms with Gasteiger partial charge in [0.05, 0.1) is 35.6 Å². The maximum absolute atomic E-state index is 13.4. The van der Waals surface area contributed by atoms with Gasteiger partial charge in [0.15, 0.2) is 4.80 Å². The summed E-state index contributed by atoms with van der Waals surface area (Å²) in [6.45, 7) is 3.75. The summed E-state index contributed by atoms with van der Waals surface area (Å²) in [5, 5.41) is 0. The van der Waals surface area contributed by atoms with Crippen LogP contribution in [-0.4, -0.2) is 29.2 Å². The van der Waals surface area contributed by atoms with Gasteiger partial charge in [0.25, 0.3) is 5.56 Å². The lowest BCUT2D eigenvalue weighted by molar-refractivity contribution is -0.139. The van der Waals surface area contributed by atoms with E-state index in [0.29, 0.717) is 26.4 Å². The highest BCUT2D eigenvalue weighted by Gasteiger charge is 2.33. The fourth-order valence-corrected chi connectivity index (χ4v) is 4.55. The number of carbonyl (C=O) groups excluding carboxylic acids is 1. The van der Waals surface area contributed by atoms with Crippen molar-refractivity contribution in [3.8, 4) is 5.75 Å². The maximum Gasteiger partial charge on any atom is 0.338 e. The molecule has 158 valence electrons. The van der Waals surface area contributed by atoms with Crippen molar-refractivity contribution in [1.29, 1.82) is 0 Å². The minimum absolute atomic E-state index is 0.212. The number of rotatable bonds is 5. The van der Waals surface area contributed by atoms with Crippen molar-refractivity contribution in [3.63, 3.8) is 0 Å². The molecule has 0 N–H and O–H groups in total. The van der Waals surface area contributed by atoms with Crippen LogP contribution in [0.15, 0.2) is 69.8 Å². The fraction of sp³-hybridized carbons (Fsp3) is 0.217. The van der Waals surface area contributed by atoms with Gasteiger partial charge in [-0.1, -0.05) is 23.5 Å². The molecule has 3 heterocycles. The Kier molecular flexibility index (Phi) is 5.81. The van der Waals surface area contributed by atoms with E-state index in [9.17, 15) is 9.59 Å². The number of allylic oxidation sites excluding steroid dienone is 1. The van der Waals surface area contributed by atoms with E-state index >= 15 is 0 Å². The van der Waals surface area contributed by atoms with Crippen LogP contribution in [0.1, 0.15) is 31.0 Å². The molecule has 0 radical (unpaired) electrons. The summed E-state index contributed by atoms with van der Waals surface area (Å²) in [6, 6.07) is 10.3. The number of fused-ring (bicyclic) bond motifs is 1. The second kappa shape index (κ2) is 8.69. The predicted octanol–water partition coefficient (Wildman–Crippen LogP) is 2.20. The van der Waals surface area contributed by atoms with Crippen molar-refractivity contribution < 1.29 is 14.3 Å². The molecule has 7 nitrogen and oxygen atoms in total. The van der Waals surface area contributed by atoms with Gasteiger partial charge in [-0.2, -0.15) is 0 Å². The molecule has 1 aromatic carbocycles. The zero-order valence-electron chi connectivity index (χ0n) is 17.4. The summed E-state index contributed by atoms with van der Waals surface area (Å²) in [5.74, 6) is 0.209. The highest BCUT2D eigenvalue weighted by atomic mass is 32.1. The molecule has 0 saturated carbocycles. The number of thiazole rings is 1. The zero-order valence-corrected chi connectivity index (χ0v) is 18.2. The van der Waals surface area contributed by atoms with Gasteiger partial charge in [0.1, 0.15) is 5.75 Å². The highest BCUT2D eigenvalue weighted by Crippen LogP contribution is 2.31. The second-order valence-corrected chi connectivity index (χ2v) is 7.87. The van der Waals surface area contributed by atoms with E-state index in [2.05, 4.69) is 9.98 Å². The molecule has 1 aliphatic rings. The van der Waals surface area contributed by atoms with Crippen LogP contribution in [-0.2, 0) is 9.53 Å². The number of hydrogen-bond donors (Lipinski definition) is 0. The van der Waals surface area contributed by atoms with Gasteiger partial charge in [0, 0.05) is 12.4 Å². The summed E-state index contributed by atoms with van der Waals surface area (Å²) in [6.07, 6.45) is 5.15. The third-order valence-corrected chi connectivity index (χ3v) is 5.94. The molecule has 8 heteroatoms. The van der Waals surface area contributed by atoms with Crippen LogP contribution >= 0.6 is 11.3 Å². The number of carbonyl (C=O) groups is 1. The first-order valence-electron chi connectivity index (χ1n) is 9.77. The van der Waals surface area contributed by atoms with Gasteiger partial charge in [-0.05, 0) is 55.3 Å². The monoisotopic (exact) mass is 435 g/mol. The molecule has 0 aliphatic carbocycles. The Balaban J connectivity index is 1.95. The van der Waals surface area contributed by atoms with Gasteiger partial charge < -0.3 is 9.47 Å². The van der Waals surface area contributed by atoms with Crippen LogP contribution in [0, 0.1) is 0 Å². The van der Waals surface area contributed by atoms with E-state index < -0.39 is 12.0 Å². The Hall–Kier alpha value is -3.52. The summed E-state index contributed by atoms with van der Waals surface area (Å²) >= 11 is 1.29. The number of pyridine rings is 1. The average molecular weight is 436 g/mol. The number of ether oxygens (including phenoxy) is 2. The summed E-state index contributed by atoms with van der Waals surface area (Å²) in [5.41, 5.74) is 2.32. The Bertz CT molecular complexity index is 1320. The Morgan fingerprint density at radius 3 is 2.55 bits per heavy atom. The Labute approximate surface area is 182 Å². The third-order valence-electron chi connectivity index (χ3n) is 4.95. The lowest BCUT2D eigenvalue weighted by atomic mass is 9.96.